The van der Waals surface area contributed by atoms with Crippen LogP contribution in [-0.4, -0.2) is 12.1 Å². The third kappa shape index (κ3) is 2.42. The van der Waals surface area contributed by atoms with Gasteiger partial charge in [0.15, 0.2) is 0 Å². The Kier molecular flexibility index (Phi) is 4.31. The molecule has 18 heavy (non-hydrogen) atoms. The number of ether oxygens (including phenoxy) is 1. The molecule has 1 aromatic rings. The highest BCUT2D eigenvalue weighted by molar-refractivity contribution is 6.30. The summed E-state index contributed by atoms with van der Waals surface area (Å²) in [5, 5.41) is 0.763. The lowest BCUT2D eigenvalue weighted by Gasteiger charge is -2.53. The Labute approximate surface area is 114 Å². The van der Waals surface area contributed by atoms with E-state index in [1.54, 1.807) is 0 Å². The highest BCUT2D eigenvalue weighted by Gasteiger charge is 2.51. The molecule has 2 rings (SSSR count). The standard InChI is InChI=1S/C15H22ClNO/c1-3-15(4-2)13(17)9-14(15)18-10-11-6-5-7-12(16)8-11/h5-8,13-14H,3-4,9-10,17H2,1-2H3. The highest BCUT2D eigenvalue weighted by atomic mass is 35.5. The summed E-state index contributed by atoms with van der Waals surface area (Å²) in [6.07, 6.45) is 3.44. The first-order valence-electron chi connectivity index (χ1n) is 6.74. The van der Waals surface area contributed by atoms with Crippen LogP contribution in [0, 0.1) is 5.41 Å². The average Bonchev–Trinajstić information content (AvgIpc) is 2.36. The van der Waals surface area contributed by atoms with E-state index in [-0.39, 0.29) is 11.5 Å². The van der Waals surface area contributed by atoms with Crippen LogP contribution >= 0.6 is 11.6 Å². The van der Waals surface area contributed by atoms with Crippen LogP contribution in [0.5, 0.6) is 0 Å². The third-order valence-corrected chi connectivity index (χ3v) is 4.74. The molecule has 0 aromatic heterocycles. The van der Waals surface area contributed by atoms with E-state index in [9.17, 15) is 0 Å². The van der Waals surface area contributed by atoms with Crippen LogP contribution in [-0.2, 0) is 11.3 Å². The van der Waals surface area contributed by atoms with Crippen molar-refractivity contribution >= 4 is 11.6 Å². The molecule has 2 N–H and O–H groups in total. The summed E-state index contributed by atoms with van der Waals surface area (Å²) in [6.45, 7) is 5.04. The van der Waals surface area contributed by atoms with E-state index in [0.717, 1.165) is 29.8 Å². The topological polar surface area (TPSA) is 35.2 Å². The summed E-state index contributed by atoms with van der Waals surface area (Å²) < 4.78 is 6.05. The Hall–Kier alpha value is -0.570. The molecule has 2 unspecified atom stereocenters. The predicted molar refractivity (Wildman–Crippen MR) is 75.6 cm³/mol. The van der Waals surface area contributed by atoms with Crippen LogP contribution in [0.15, 0.2) is 24.3 Å². The molecular weight excluding hydrogens is 246 g/mol. The molecule has 2 nitrogen and oxygen atoms in total. The Bertz CT molecular complexity index is 403. The van der Waals surface area contributed by atoms with Crippen molar-refractivity contribution in [3.63, 3.8) is 0 Å². The average molecular weight is 268 g/mol. The van der Waals surface area contributed by atoms with E-state index in [1.165, 1.54) is 0 Å². The van der Waals surface area contributed by atoms with E-state index in [2.05, 4.69) is 13.8 Å². The van der Waals surface area contributed by atoms with Gasteiger partial charge in [-0.2, -0.15) is 0 Å². The normalized spacial score (nSPS) is 25.8. The van der Waals surface area contributed by atoms with E-state index < -0.39 is 0 Å². The molecule has 1 aromatic carbocycles. The van der Waals surface area contributed by atoms with Crippen molar-refractivity contribution in [2.24, 2.45) is 11.1 Å². The van der Waals surface area contributed by atoms with Crippen LogP contribution in [0.1, 0.15) is 38.7 Å². The Morgan fingerprint density at radius 3 is 2.67 bits per heavy atom. The van der Waals surface area contributed by atoms with Gasteiger partial charge in [-0.05, 0) is 37.0 Å². The summed E-state index contributed by atoms with van der Waals surface area (Å²) in [7, 11) is 0. The van der Waals surface area contributed by atoms with Crippen molar-refractivity contribution in [2.75, 3.05) is 0 Å². The van der Waals surface area contributed by atoms with Gasteiger partial charge in [0.2, 0.25) is 0 Å². The van der Waals surface area contributed by atoms with Crippen molar-refractivity contribution in [1.82, 2.24) is 0 Å². The molecule has 1 saturated carbocycles. The maximum absolute atomic E-state index is 6.16. The summed E-state index contributed by atoms with van der Waals surface area (Å²) in [6, 6.07) is 8.13. The van der Waals surface area contributed by atoms with Crippen molar-refractivity contribution in [2.45, 2.75) is 51.9 Å². The van der Waals surface area contributed by atoms with Gasteiger partial charge in [0.1, 0.15) is 0 Å². The zero-order valence-corrected chi connectivity index (χ0v) is 11.9. The second-order valence-electron chi connectivity index (χ2n) is 5.21. The first-order chi connectivity index (χ1) is 8.62. The molecule has 1 fully saturated rings. The number of rotatable bonds is 5. The largest absolute Gasteiger partial charge is 0.373 e. The first-order valence-corrected chi connectivity index (χ1v) is 7.11. The smallest absolute Gasteiger partial charge is 0.0721 e. The molecule has 1 aliphatic rings. The molecule has 100 valence electrons. The van der Waals surface area contributed by atoms with Crippen molar-refractivity contribution < 1.29 is 4.74 Å². The monoisotopic (exact) mass is 267 g/mol. The lowest BCUT2D eigenvalue weighted by molar-refractivity contribution is -0.137. The Morgan fingerprint density at radius 1 is 1.39 bits per heavy atom. The number of benzene rings is 1. The van der Waals surface area contributed by atoms with Gasteiger partial charge in [0.25, 0.3) is 0 Å². The lowest BCUT2D eigenvalue weighted by atomic mass is 9.59. The van der Waals surface area contributed by atoms with E-state index in [0.29, 0.717) is 12.7 Å². The summed E-state index contributed by atoms with van der Waals surface area (Å²) in [5.41, 5.74) is 7.47. The molecule has 0 radical (unpaired) electrons. The van der Waals surface area contributed by atoms with Gasteiger partial charge < -0.3 is 10.5 Å². The number of hydrogen-bond acceptors (Lipinski definition) is 2. The van der Waals surface area contributed by atoms with Gasteiger partial charge in [-0.15, -0.1) is 0 Å². The number of hydrogen-bond donors (Lipinski definition) is 1. The second-order valence-corrected chi connectivity index (χ2v) is 5.65. The van der Waals surface area contributed by atoms with Crippen LogP contribution in [0.25, 0.3) is 0 Å². The molecule has 0 amide bonds. The maximum atomic E-state index is 6.16. The van der Waals surface area contributed by atoms with Gasteiger partial charge >= 0.3 is 0 Å². The zero-order chi connectivity index (χ0) is 13.2. The Balaban J connectivity index is 1.95. The van der Waals surface area contributed by atoms with Gasteiger partial charge in [0.05, 0.1) is 12.7 Å². The van der Waals surface area contributed by atoms with Crippen LogP contribution in [0.2, 0.25) is 5.02 Å². The van der Waals surface area contributed by atoms with Gasteiger partial charge in [-0.1, -0.05) is 37.6 Å². The number of halogens is 1. The number of nitrogens with two attached hydrogens (primary N) is 1. The fourth-order valence-corrected chi connectivity index (χ4v) is 3.28. The Morgan fingerprint density at radius 2 is 2.11 bits per heavy atom. The third-order valence-electron chi connectivity index (χ3n) is 4.50. The van der Waals surface area contributed by atoms with E-state index in [4.69, 9.17) is 22.1 Å². The van der Waals surface area contributed by atoms with Crippen LogP contribution in [0.4, 0.5) is 0 Å². The first kappa shape index (κ1) is 13.9. The summed E-state index contributed by atoms with van der Waals surface area (Å²) in [4.78, 5) is 0. The fourth-order valence-electron chi connectivity index (χ4n) is 3.07. The van der Waals surface area contributed by atoms with E-state index in [1.807, 2.05) is 24.3 Å². The summed E-state index contributed by atoms with van der Waals surface area (Å²) >= 11 is 5.97. The molecule has 3 heteroatoms. The fraction of sp³-hybridized carbons (Fsp3) is 0.600. The molecule has 2 atom stereocenters. The molecule has 1 aliphatic carbocycles. The predicted octanol–water partition coefficient (Wildman–Crippen LogP) is 3.76. The SMILES string of the molecule is CCC1(CC)C(N)CC1OCc1cccc(Cl)c1. The van der Waals surface area contributed by atoms with Crippen molar-refractivity contribution in [3.05, 3.63) is 34.9 Å². The minimum absolute atomic E-state index is 0.179. The minimum atomic E-state index is 0.179. The van der Waals surface area contributed by atoms with Crippen LogP contribution < -0.4 is 5.73 Å². The quantitative estimate of drug-likeness (QED) is 0.882. The molecule has 0 spiro atoms. The summed E-state index contributed by atoms with van der Waals surface area (Å²) in [5.74, 6) is 0. The zero-order valence-electron chi connectivity index (χ0n) is 11.2. The maximum Gasteiger partial charge on any atom is 0.0721 e. The molecule has 0 aliphatic heterocycles. The van der Waals surface area contributed by atoms with Crippen molar-refractivity contribution in [3.8, 4) is 0 Å². The lowest BCUT2D eigenvalue weighted by Crippen LogP contribution is -2.61. The van der Waals surface area contributed by atoms with Gasteiger partial charge in [-0.25, -0.2) is 0 Å². The minimum Gasteiger partial charge on any atom is -0.373 e. The van der Waals surface area contributed by atoms with E-state index >= 15 is 0 Å². The molecule has 0 heterocycles. The highest BCUT2D eigenvalue weighted by Crippen LogP contribution is 2.47. The van der Waals surface area contributed by atoms with Gasteiger partial charge in [-0.3, -0.25) is 0 Å². The van der Waals surface area contributed by atoms with Crippen LogP contribution in [0.3, 0.4) is 0 Å². The molecular formula is C15H22ClNO. The van der Waals surface area contributed by atoms with Gasteiger partial charge in [0, 0.05) is 16.5 Å². The van der Waals surface area contributed by atoms with Crippen molar-refractivity contribution in [1.29, 1.82) is 0 Å². The molecule has 0 saturated heterocycles. The second kappa shape index (κ2) is 5.60. The molecule has 0 bridgehead atoms.